The second-order valence-electron chi connectivity index (χ2n) is 5.07. The summed E-state index contributed by atoms with van der Waals surface area (Å²) in [5, 5.41) is 10.6. The highest BCUT2D eigenvalue weighted by Crippen LogP contribution is 2.41. The molecule has 0 aliphatic heterocycles. The van der Waals surface area contributed by atoms with Crippen LogP contribution in [-0.2, 0) is 6.42 Å². The number of benzene rings is 2. The van der Waals surface area contributed by atoms with E-state index in [4.69, 9.17) is 4.74 Å². The van der Waals surface area contributed by atoms with Crippen LogP contribution in [0.3, 0.4) is 0 Å². The SMILES string of the molecule is COc1ccc2c(c1)CC[C@H](c1ccccc1)[C@H]2O. The van der Waals surface area contributed by atoms with E-state index in [9.17, 15) is 5.11 Å². The summed E-state index contributed by atoms with van der Waals surface area (Å²) in [6, 6.07) is 16.2. The number of methoxy groups -OCH3 is 1. The largest absolute Gasteiger partial charge is 0.497 e. The molecule has 2 aromatic rings. The Morgan fingerprint density at radius 3 is 2.63 bits per heavy atom. The molecule has 0 bridgehead atoms. The van der Waals surface area contributed by atoms with Crippen LogP contribution in [0.1, 0.15) is 35.1 Å². The number of aliphatic hydroxyl groups is 1. The minimum absolute atomic E-state index is 0.196. The Kier molecular flexibility index (Phi) is 3.26. The third-order valence-corrected chi connectivity index (χ3v) is 4.00. The van der Waals surface area contributed by atoms with Crippen molar-refractivity contribution in [3.8, 4) is 5.75 Å². The highest BCUT2D eigenvalue weighted by atomic mass is 16.5. The molecule has 98 valence electrons. The standard InChI is InChI=1S/C17H18O2/c1-19-14-8-10-16-13(11-14)7-9-15(17(16)18)12-5-3-2-4-6-12/h2-6,8,10-11,15,17-18H,7,9H2,1H3/t15-,17-/m1/s1. The van der Waals surface area contributed by atoms with Crippen LogP contribution >= 0.6 is 0 Å². The van der Waals surface area contributed by atoms with Crippen LogP contribution in [0.4, 0.5) is 0 Å². The Morgan fingerprint density at radius 2 is 1.89 bits per heavy atom. The molecule has 2 heteroatoms. The van der Waals surface area contributed by atoms with Crippen LogP contribution in [0.25, 0.3) is 0 Å². The van der Waals surface area contributed by atoms with Gasteiger partial charge in [-0.2, -0.15) is 0 Å². The fraction of sp³-hybridized carbons (Fsp3) is 0.294. The lowest BCUT2D eigenvalue weighted by atomic mass is 9.78. The van der Waals surface area contributed by atoms with Crippen molar-refractivity contribution in [3.05, 3.63) is 65.2 Å². The number of aliphatic hydroxyl groups excluding tert-OH is 1. The lowest BCUT2D eigenvalue weighted by molar-refractivity contribution is 0.131. The summed E-state index contributed by atoms with van der Waals surface area (Å²) in [5.74, 6) is 1.06. The average Bonchev–Trinajstić information content (AvgIpc) is 2.48. The van der Waals surface area contributed by atoms with E-state index >= 15 is 0 Å². The molecule has 2 atom stereocenters. The third-order valence-electron chi connectivity index (χ3n) is 4.00. The summed E-state index contributed by atoms with van der Waals surface area (Å²) in [6.45, 7) is 0. The van der Waals surface area contributed by atoms with Gasteiger partial charge in [0.15, 0.2) is 0 Å². The lowest BCUT2D eigenvalue weighted by Gasteiger charge is -2.30. The zero-order chi connectivity index (χ0) is 13.2. The Labute approximate surface area is 113 Å². The van der Waals surface area contributed by atoms with E-state index in [1.165, 1.54) is 11.1 Å². The molecule has 3 rings (SSSR count). The number of ether oxygens (including phenoxy) is 1. The maximum Gasteiger partial charge on any atom is 0.119 e. The molecule has 2 aromatic carbocycles. The van der Waals surface area contributed by atoms with Gasteiger partial charge in [0.05, 0.1) is 13.2 Å². The molecule has 0 fully saturated rings. The second-order valence-corrected chi connectivity index (χ2v) is 5.07. The predicted molar refractivity (Wildman–Crippen MR) is 75.5 cm³/mol. The van der Waals surface area contributed by atoms with Gasteiger partial charge in [-0.1, -0.05) is 36.4 Å². The van der Waals surface area contributed by atoms with E-state index in [1.807, 2.05) is 36.4 Å². The van der Waals surface area contributed by atoms with E-state index in [0.29, 0.717) is 0 Å². The van der Waals surface area contributed by atoms with Gasteiger partial charge in [-0.3, -0.25) is 0 Å². The Hall–Kier alpha value is -1.80. The normalized spacial score (nSPS) is 21.8. The van der Waals surface area contributed by atoms with Gasteiger partial charge in [-0.25, -0.2) is 0 Å². The number of fused-ring (bicyclic) bond motifs is 1. The van der Waals surface area contributed by atoms with Crippen molar-refractivity contribution in [3.63, 3.8) is 0 Å². The molecule has 0 amide bonds. The van der Waals surface area contributed by atoms with Gasteiger partial charge in [-0.05, 0) is 41.7 Å². The molecule has 0 heterocycles. The molecule has 1 aliphatic carbocycles. The first-order valence-corrected chi connectivity index (χ1v) is 6.69. The van der Waals surface area contributed by atoms with Gasteiger partial charge in [0, 0.05) is 5.92 Å². The van der Waals surface area contributed by atoms with Crippen LogP contribution < -0.4 is 4.74 Å². The maximum atomic E-state index is 10.6. The highest BCUT2D eigenvalue weighted by Gasteiger charge is 2.29. The van der Waals surface area contributed by atoms with Gasteiger partial charge in [-0.15, -0.1) is 0 Å². The topological polar surface area (TPSA) is 29.5 Å². The highest BCUT2D eigenvalue weighted by molar-refractivity contribution is 5.41. The van der Waals surface area contributed by atoms with Crippen LogP contribution in [-0.4, -0.2) is 12.2 Å². The quantitative estimate of drug-likeness (QED) is 0.889. The molecule has 0 saturated carbocycles. The van der Waals surface area contributed by atoms with Crippen molar-refractivity contribution in [1.82, 2.24) is 0 Å². The summed E-state index contributed by atoms with van der Waals surface area (Å²) in [6.07, 6.45) is 1.55. The van der Waals surface area contributed by atoms with Crippen LogP contribution in [0.15, 0.2) is 48.5 Å². The minimum atomic E-state index is -0.419. The van der Waals surface area contributed by atoms with Gasteiger partial charge in [0.1, 0.15) is 5.75 Å². The average molecular weight is 254 g/mol. The number of rotatable bonds is 2. The number of hydrogen-bond acceptors (Lipinski definition) is 2. The Bertz CT molecular complexity index is 563. The van der Waals surface area contributed by atoms with Crippen molar-refractivity contribution in [2.24, 2.45) is 0 Å². The molecular weight excluding hydrogens is 236 g/mol. The molecule has 1 aliphatic rings. The fourth-order valence-electron chi connectivity index (χ4n) is 2.95. The number of aryl methyl sites for hydroxylation is 1. The first kappa shape index (κ1) is 12.2. The van der Waals surface area contributed by atoms with Crippen LogP contribution in [0.2, 0.25) is 0 Å². The minimum Gasteiger partial charge on any atom is -0.497 e. The van der Waals surface area contributed by atoms with E-state index in [0.717, 1.165) is 24.2 Å². The second kappa shape index (κ2) is 5.06. The van der Waals surface area contributed by atoms with Gasteiger partial charge < -0.3 is 9.84 Å². The predicted octanol–water partition coefficient (Wildman–Crippen LogP) is 3.46. The van der Waals surface area contributed by atoms with Gasteiger partial charge >= 0.3 is 0 Å². The van der Waals surface area contributed by atoms with Crippen molar-refractivity contribution in [1.29, 1.82) is 0 Å². The molecule has 2 nitrogen and oxygen atoms in total. The van der Waals surface area contributed by atoms with Crippen LogP contribution in [0.5, 0.6) is 5.75 Å². The first-order valence-electron chi connectivity index (χ1n) is 6.69. The molecule has 19 heavy (non-hydrogen) atoms. The van der Waals surface area contributed by atoms with Crippen molar-refractivity contribution in [2.45, 2.75) is 24.9 Å². The molecular formula is C17H18O2. The Balaban J connectivity index is 1.94. The molecule has 0 radical (unpaired) electrons. The molecule has 0 aromatic heterocycles. The maximum absolute atomic E-state index is 10.6. The summed E-state index contributed by atoms with van der Waals surface area (Å²) in [5.41, 5.74) is 3.47. The molecule has 0 unspecified atom stereocenters. The van der Waals surface area contributed by atoms with Crippen molar-refractivity contribution in [2.75, 3.05) is 7.11 Å². The van der Waals surface area contributed by atoms with Gasteiger partial charge in [0.2, 0.25) is 0 Å². The summed E-state index contributed by atoms with van der Waals surface area (Å²) in [4.78, 5) is 0. The lowest BCUT2D eigenvalue weighted by Crippen LogP contribution is -2.19. The van der Waals surface area contributed by atoms with E-state index < -0.39 is 6.10 Å². The summed E-state index contributed by atoms with van der Waals surface area (Å²) >= 11 is 0. The molecule has 1 N–H and O–H groups in total. The van der Waals surface area contributed by atoms with E-state index in [1.54, 1.807) is 7.11 Å². The van der Waals surface area contributed by atoms with Crippen molar-refractivity contribution >= 4 is 0 Å². The van der Waals surface area contributed by atoms with Crippen LogP contribution in [0, 0.1) is 0 Å². The third kappa shape index (κ3) is 2.24. The zero-order valence-corrected chi connectivity index (χ0v) is 11.0. The number of hydrogen-bond donors (Lipinski definition) is 1. The van der Waals surface area contributed by atoms with Gasteiger partial charge in [0.25, 0.3) is 0 Å². The monoisotopic (exact) mass is 254 g/mol. The van der Waals surface area contributed by atoms with Crippen molar-refractivity contribution < 1.29 is 9.84 Å². The Morgan fingerprint density at radius 1 is 1.11 bits per heavy atom. The zero-order valence-electron chi connectivity index (χ0n) is 11.0. The smallest absolute Gasteiger partial charge is 0.119 e. The summed E-state index contributed by atoms with van der Waals surface area (Å²) < 4.78 is 5.25. The van der Waals surface area contributed by atoms with E-state index in [2.05, 4.69) is 12.1 Å². The molecule has 0 saturated heterocycles. The summed E-state index contributed by atoms with van der Waals surface area (Å²) in [7, 11) is 1.67. The first-order chi connectivity index (χ1) is 9.29. The molecule has 0 spiro atoms. The fourth-order valence-corrected chi connectivity index (χ4v) is 2.95. The van der Waals surface area contributed by atoms with E-state index in [-0.39, 0.29) is 5.92 Å².